The summed E-state index contributed by atoms with van der Waals surface area (Å²) >= 11 is 0. The Balaban J connectivity index is 2.04. The molecule has 0 spiro atoms. The zero-order valence-corrected chi connectivity index (χ0v) is 13.1. The van der Waals surface area contributed by atoms with Crippen LogP contribution in [0.2, 0.25) is 0 Å². The van der Waals surface area contributed by atoms with E-state index in [2.05, 4.69) is 4.98 Å². The number of hydrogen-bond acceptors (Lipinski definition) is 4. The van der Waals surface area contributed by atoms with Crippen LogP contribution in [0.15, 0.2) is 42.6 Å². The fourth-order valence-electron chi connectivity index (χ4n) is 2.12. The summed E-state index contributed by atoms with van der Waals surface area (Å²) < 4.78 is 10.4. The van der Waals surface area contributed by atoms with Crippen molar-refractivity contribution in [1.29, 1.82) is 0 Å². The maximum absolute atomic E-state index is 12.4. The Bertz CT molecular complexity index is 629. The monoisotopic (exact) mass is 300 g/mol. The largest absolute Gasteiger partial charge is 0.493 e. The molecule has 116 valence electrons. The van der Waals surface area contributed by atoms with E-state index in [1.807, 2.05) is 18.2 Å². The van der Waals surface area contributed by atoms with Gasteiger partial charge in [-0.05, 0) is 30.3 Å². The highest BCUT2D eigenvalue weighted by molar-refractivity contribution is 5.94. The van der Waals surface area contributed by atoms with Crippen molar-refractivity contribution in [2.24, 2.45) is 0 Å². The molecule has 0 bridgehead atoms. The van der Waals surface area contributed by atoms with Gasteiger partial charge in [0, 0.05) is 37.5 Å². The highest BCUT2D eigenvalue weighted by Gasteiger charge is 2.14. The third kappa shape index (κ3) is 3.75. The summed E-state index contributed by atoms with van der Waals surface area (Å²) in [5.74, 6) is 1.10. The lowest BCUT2D eigenvalue weighted by Gasteiger charge is -2.18. The smallest absolute Gasteiger partial charge is 0.253 e. The summed E-state index contributed by atoms with van der Waals surface area (Å²) in [6.07, 6.45) is 2.47. The van der Waals surface area contributed by atoms with Crippen molar-refractivity contribution in [2.45, 2.75) is 6.42 Å². The fraction of sp³-hybridized carbons (Fsp3) is 0.294. The summed E-state index contributed by atoms with van der Waals surface area (Å²) in [7, 11) is 4.90. The maximum atomic E-state index is 12.4. The van der Waals surface area contributed by atoms with Crippen LogP contribution in [0, 0.1) is 0 Å². The van der Waals surface area contributed by atoms with Gasteiger partial charge in [0.15, 0.2) is 11.5 Å². The van der Waals surface area contributed by atoms with Crippen molar-refractivity contribution in [1.82, 2.24) is 9.88 Å². The molecule has 0 aliphatic heterocycles. The van der Waals surface area contributed by atoms with Gasteiger partial charge in [0.2, 0.25) is 0 Å². The first-order chi connectivity index (χ1) is 10.7. The summed E-state index contributed by atoms with van der Waals surface area (Å²) in [6, 6.07) is 10.9. The number of likely N-dealkylation sites (N-methyl/N-ethyl adjacent to an activating group) is 1. The first kappa shape index (κ1) is 15.8. The number of ether oxygens (including phenoxy) is 2. The number of pyridine rings is 1. The van der Waals surface area contributed by atoms with Crippen molar-refractivity contribution in [2.75, 3.05) is 27.8 Å². The third-order valence-electron chi connectivity index (χ3n) is 3.41. The topological polar surface area (TPSA) is 51.7 Å². The van der Waals surface area contributed by atoms with Crippen molar-refractivity contribution in [3.8, 4) is 11.5 Å². The first-order valence-corrected chi connectivity index (χ1v) is 7.03. The van der Waals surface area contributed by atoms with Crippen molar-refractivity contribution in [3.05, 3.63) is 53.9 Å². The second kappa shape index (κ2) is 7.45. The molecule has 5 nitrogen and oxygen atoms in total. The maximum Gasteiger partial charge on any atom is 0.253 e. The van der Waals surface area contributed by atoms with Gasteiger partial charge in [0.05, 0.1) is 14.2 Å². The Morgan fingerprint density at radius 3 is 2.55 bits per heavy atom. The minimum atomic E-state index is -0.0584. The van der Waals surface area contributed by atoms with Gasteiger partial charge >= 0.3 is 0 Å². The van der Waals surface area contributed by atoms with E-state index in [0.717, 1.165) is 12.1 Å². The van der Waals surface area contributed by atoms with Crippen molar-refractivity contribution in [3.63, 3.8) is 0 Å². The van der Waals surface area contributed by atoms with Gasteiger partial charge in [-0.2, -0.15) is 0 Å². The van der Waals surface area contributed by atoms with Crippen LogP contribution in [0.3, 0.4) is 0 Å². The van der Waals surface area contributed by atoms with Crippen LogP contribution in [0.25, 0.3) is 0 Å². The zero-order valence-electron chi connectivity index (χ0n) is 13.1. The lowest BCUT2D eigenvalue weighted by Crippen LogP contribution is -2.29. The highest BCUT2D eigenvalue weighted by atomic mass is 16.5. The van der Waals surface area contributed by atoms with Gasteiger partial charge in [0.1, 0.15) is 0 Å². The van der Waals surface area contributed by atoms with E-state index in [-0.39, 0.29) is 5.91 Å². The quantitative estimate of drug-likeness (QED) is 0.822. The predicted molar refractivity (Wildman–Crippen MR) is 84.4 cm³/mol. The average molecular weight is 300 g/mol. The number of carbonyl (C=O) groups excluding carboxylic acids is 1. The number of methoxy groups -OCH3 is 2. The number of hydrogen-bond donors (Lipinski definition) is 0. The fourth-order valence-corrected chi connectivity index (χ4v) is 2.12. The van der Waals surface area contributed by atoms with Crippen LogP contribution in [0.5, 0.6) is 11.5 Å². The summed E-state index contributed by atoms with van der Waals surface area (Å²) in [6.45, 7) is 0.601. The van der Waals surface area contributed by atoms with E-state index in [1.165, 1.54) is 0 Å². The SMILES string of the molecule is COc1ccc(C(=O)N(C)CCc2ccccn2)cc1OC. The van der Waals surface area contributed by atoms with Crippen LogP contribution in [-0.4, -0.2) is 43.6 Å². The van der Waals surface area contributed by atoms with Crippen LogP contribution in [0.4, 0.5) is 0 Å². The molecule has 0 fully saturated rings. The molecule has 0 saturated heterocycles. The van der Waals surface area contributed by atoms with Crippen LogP contribution >= 0.6 is 0 Å². The van der Waals surface area contributed by atoms with Gasteiger partial charge < -0.3 is 14.4 Å². The Kier molecular flexibility index (Phi) is 5.36. The molecule has 1 aromatic carbocycles. The van der Waals surface area contributed by atoms with Gasteiger partial charge in [-0.1, -0.05) is 6.07 Å². The van der Waals surface area contributed by atoms with E-state index >= 15 is 0 Å². The average Bonchev–Trinajstić information content (AvgIpc) is 2.59. The minimum absolute atomic E-state index is 0.0584. The Morgan fingerprint density at radius 1 is 1.14 bits per heavy atom. The van der Waals surface area contributed by atoms with Gasteiger partial charge in [-0.25, -0.2) is 0 Å². The molecule has 1 amide bonds. The van der Waals surface area contributed by atoms with E-state index in [9.17, 15) is 4.79 Å². The van der Waals surface area contributed by atoms with Gasteiger partial charge in [-0.15, -0.1) is 0 Å². The molecule has 2 rings (SSSR count). The molecule has 0 N–H and O–H groups in total. The number of benzene rings is 1. The molecular formula is C17H20N2O3. The Hall–Kier alpha value is -2.56. The van der Waals surface area contributed by atoms with Gasteiger partial charge in [-0.3, -0.25) is 9.78 Å². The van der Waals surface area contributed by atoms with Crippen molar-refractivity contribution >= 4 is 5.91 Å². The molecule has 0 aliphatic carbocycles. The number of rotatable bonds is 6. The number of aromatic nitrogens is 1. The van der Waals surface area contributed by atoms with Crippen LogP contribution in [-0.2, 0) is 6.42 Å². The standard InChI is InChI=1S/C17H20N2O3/c1-19(11-9-14-6-4-5-10-18-14)17(20)13-7-8-15(21-2)16(12-13)22-3/h4-8,10,12H,9,11H2,1-3H3. The van der Waals surface area contributed by atoms with E-state index in [4.69, 9.17) is 9.47 Å². The minimum Gasteiger partial charge on any atom is -0.493 e. The lowest BCUT2D eigenvalue weighted by molar-refractivity contribution is 0.0796. The third-order valence-corrected chi connectivity index (χ3v) is 3.41. The molecule has 1 heterocycles. The van der Waals surface area contributed by atoms with Crippen LogP contribution in [0.1, 0.15) is 16.1 Å². The molecule has 0 radical (unpaired) electrons. The first-order valence-electron chi connectivity index (χ1n) is 7.03. The highest BCUT2D eigenvalue weighted by Crippen LogP contribution is 2.27. The lowest BCUT2D eigenvalue weighted by atomic mass is 10.1. The number of amides is 1. The molecule has 0 saturated carbocycles. The van der Waals surface area contributed by atoms with Crippen LogP contribution < -0.4 is 9.47 Å². The molecule has 2 aromatic rings. The molecule has 0 aliphatic rings. The zero-order chi connectivity index (χ0) is 15.9. The summed E-state index contributed by atoms with van der Waals surface area (Å²) in [5, 5.41) is 0. The molecule has 1 aromatic heterocycles. The van der Waals surface area contributed by atoms with Crippen molar-refractivity contribution < 1.29 is 14.3 Å². The van der Waals surface area contributed by atoms with E-state index in [0.29, 0.717) is 23.6 Å². The Labute approximate surface area is 130 Å². The molecule has 22 heavy (non-hydrogen) atoms. The summed E-state index contributed by atoms with van der Waals surface area (Å²) in [5.41, 5.74) is 1.54. The molecular weight excluding hydrogens is 280 g/mol. The molecule has 0 atom stereocenters. The normalized spacial score (nSPS) is 10.1. The van der Waals surface area contributed by atoms with E-state index < -0.39 is 0 Å². The second-order valence-corrected chi connectivity index (χ2v) is 4.87. The van der Waals surface area contributed by atoms with E-state index in [1.54, 1.807) is 50.6 Å². The number of carbonyl (C=O) groups is 1. The molecule has 0 unspecified atom stereocenters. The Morgan fingerprint density at radius 2 is 1.91 bits per heavy atom. The second-order valence-electron chi connectivity index (χ2n) is 4.87. The predicted octanol–water partition coefficient (Wildman–Crippen LogP) is 2.41. The summed E-state index contributed by atoms with van der Waals surface area (Å²) in [4.78, 5) is 18.4. The van der Waals surface area contributed by atoms with Gasteiger partial charge in [0.25, 0.3) is 5.91 Å². The number of nitrogens with zero attached hydrogens (tertiary/aromatic N) is 2. The molecule has 5 heteroatoms.